The second-order valence-electron chi connectivity index (χ2n) is 5.04. The van der Waals surface area contributed by atoms with Gasteiger partial charge in [-0.15, -0.1) is 0 Å². The highest BCUT2D eigenvalue weighted by molar-refractivity contribution is 7.99. The van der Waals surface area contributed by atoms with E-state index in [9.17, 15) is 10.1 Å². The smallest absolute Gasteiger partial charge is 0.269 e. The fourth-order valence-corrected chi connectivity index (χ4v) is 3.52. The molecule has 1 N–H and O–H groups in total. The van der Waals surface area contributed by atoms with Crippen LogP contribution in [0.2, 0.25) is 0 Å². The van der Waals surface area contributed by atoms with E-state index in [2.05, 4.69) is 12.2 Å². The van der Waals surface area contributed by atoms with Crippen LogP contribution in [0.1, 0.15) is 31.4 Å². The van der Waals surface area contributed by atoms with E-state index < -0.39 is 0 Å². The van der Waals surface area contributed by atoms with E-state index >= 15 is 0 Å². The summed E-state index contributed by atoms with van der Waals surface area (Å²) in [4.78, 5) is 10.4. The van der Waals surface area contributed by atoms with E-state index in [1.807, 2.05) is 17.8 Å². The number of thioether (sulfide) groups is 1. The summed E-state index contributed by atoms with van der Waals surface area (Å²) in [5, 5.41) is 14.3. The molecule has 0 amide bonds. The minimum Gasteiger partial charge on any atom is -0.310 e. The van der Waals surface area contributed by atoms with Crippen LogP contribution >= 0.6 is 11.8 Å². The van der Waals surface area contributed by atoms with Gasteiger partial charge in [0.15, 0.2) is 0 Å². The average Bonchev–Trinajstić information content (AvgIpc) is 2.46. The van der Waals surface area contributed by atoms with Crippen LogP contribution in [0.3, 0.4) is 0 Å². The van der Waals surface area contributed by atoms with Gasteiger partial charge in [0.05, 0.1) is 4.92 Å². The van der Waals surface area contributed by atoms with Crippen molar-refractivity contribution in [2.75, 3.05) is 18.1 Å². The van der Waals surface area contributed by atoms with Crippen molar-refractivity contribution in [3.05, 3.63) is 39.9 Å². The lowest BCUT2D eigenvalue weighted by Crippen LogP contribution is -2.28. The Morgan fingerprint density at radius 1 is 1.47 bits per heavy atom. The third-order valence-corrected chi connectivity index (χ3v) is 4.68. The summed E-state index contributed by atoms with van der Waals surface area (Å²) >= 11 is 2.03. The summed E-state index contributed by atoms with van der Waals surface area (Å²) in [5.41, 5.74) is 1.15. The van der Waals surface area contributed by atoms with Gasteiger partial charge in [-0.25, -0.2) is 0 Å². The van der Waals surface area contributed by atoms with E-state index in [0.717, 1.165) is 18.0 Å². The second-order valence-corrected chi connectivity index (χ2v) is 6.26. The molecule has 0 bridgehead atoms. The van der Waals surface area contributed by atoms with Gasteiger partial charge in [-0.05, 0) is 49.3 Å². The Labute approximate surface area is 118 Å². The monoisotopic (exact) mass is 280 g/mol. The van der Waals surface area contributed by atoms with Crippen molar-refractivity contribution in [3.8, 4) is 0 Å². The summed E-state index contributed by atoms with van der Waals surface area (Å²) < 4.78 is 0. The van der Waals surface area contributed by atoms with E-state index in [1.54, 1.807) is 12.1 Å². The quantitative estimate of drug-likeness (QED) is 0.663. The van der Waals surface area contributed by atoms with Crippen molar-refractivity contribution >= 4 is 17.4 Å². The minimum absolute atomic E-state index is 0.162. The SMILES string of the molecule is CC(NCC1CCSCC1)c1cccc([N+](=O)[O-])c1. The molecule has 1 aliphatic rings. The maximum Gasteiger partial charge on any atom is 0.269 e. The van der Waals surface area contributed by atoms with Crippen molar-refractivity contribution in [3.63, 3.8) is 0 Å². The van der Waals surface area contributed by atoms with Gasteiger partial charge in [-0.3, -0.25) is 10.1 Å². The van der Waals surface area contributed by atoms with Crippen LogP contribution in [-0.4, -0.2) is 23.0 Å². The number of rotatable bonds is 5. The molecule has 0 radical (unpaired) electrons. The molecular formula is C14H20N2O2S. The van der Waals surface area contributed by atoms with Crippen LogP contribution in [0, 0.1) is 16.0 Å². The molecule has 4 nitrogen and oxygen atoms in total. The van der Waals surface area contributed by atoms with Gasteiger partial charge in [-0.1, -0.05) is 12.1 Å². The summed E-state index contributed by atoms with van der Waals surface area (Å²) in [6.45, 7) is 3.07. The van der Waals surface area contributed by atoms with Crippen molar-refractivity contribution in [1.82, 2.24) is 5.32 Å². The van der Waals surface area contributed by atoms with Crippen molar-refractivity contribution in [2.24, 2.45) is 5.92 Å². The Balaban J connectivity index is 1.89. The zero-order valence-electron chi connectivity index (χ0n) is 11.2. The zero-order chi connectivity index (χ0) is 13.7. The molecule has 5 heteroatoms. The average molecular weight is 280 g/mol. The summed E-state index contributed by atoms with van der Waals surface area (Å²) in [6, 6.07) is 7.06. The Bertz CT molecular complexity index is 433. The van der Waals surface area contributed by atoms with Crippen LogP contribution in [0.5, 0.6) is 0 Å². The largest absolute Gasteiger partial charge is 0.310 e. The van der Waals surface area contributed by atoms with Crippen LogP contribution < -0.4 is 5.32 Å². The topological polar surface area (TPSA) is 55.2 Å². The van der Waals surface area contributed by atoms with Gasteiger partial charge in [-0.2, -0.15) is 11.8 Å². The molecule has 2 rings (SSSR count). The van der Waals surface area contributed by atoms with Gasteiger partial charge < -0.3 is 5.32 Å². The highest BCUT2D eigenvalue weighted by Crippen LogP contribution is 2.23. The molecule has 1 aromatic rings. The zero-order valence-corrected chi connectivity index (χ0v) is 12.0. The first-order chi connectivity index (χ1) is 9.16. The van der Waals surface area contributed by atoms with Crippen molar-refractivity contribution < 1.29 is 4.92 Å². The molecule has 19 heavy (non-hydrogen) atoms. The second kappa shape index (κ2) is 6.91. The van der Waals surface area contributed by atoms with E-state index in [1.165, 1.54) is 30.4 Å². The predicted octanol–water partition coefficient (Wildman–Crippen LogP) is 3.39. The first-order valence-corrected chi connectivity index (χ1v) is 7.88. The number of nitrogens with one attached hydrogen (secondary N) is 1. The van der Waals surface area contributed by atoms with Gasteiger partial charge in [0, 0.05) is 18.2 Å². The lowest BCUT2D eigenvalue weighted by atomic mass is 10.0. The van der Waals surface area contributed by atoms with Crippen LogP contribution in [0.25, 0.3) is 0 Å². The Morgan fingerprint density at radius 3 is 2.89 bits per heavy atom. The Kier molecular flexibility index (Phi) is 5.22. The first kappa shape index (κ1) is 14.3. The molecule has 1 aromatic carbocycles. The minimum atomic E-state index is -0.339. The molecule has 0 spiro atoms. The number of nitrogens with zero attached hydrogens (tertiary/aromatic N) is 1. The fraction of sp³-hybridized carbons (Fsp3) is 0.571. The molecule has 104 valence electrons. The van der Waals surface area contributed by atoms with E-state index in [-0.39, 0.29) is 16.7 Å². The number of benzene rings is 1. The van der Waals surface area contributed by atoms with Crippen molar-refractivity contribution in [1.29, 1.82) is 0 Å². The fourth-order valence-electron chi connectivity index (χ4n) is 2.32. The molecule has 1 unspecified atom stereocenters. The highest BCUT2D eigenvalue weighted by Gasteiger charge is 2.16. The molecule has 1 atom stereocenters. The van der Waals surface area contributed by atoms with E-state index in [0.29, 0.717) is 0 Å². The summed E-state index contributed by atoms with van der Waals surface area (Å²) in [7, 11) is 0. The number of nitro benzene ring substituents is 1. The van der Waals surface area contributed by atoms with Crippen LogP contribution in [0.15, 0.2) is 24.3 Å². The Hall–Kier alpha value is -1.07. The number of hydrogen-bond acceptors (Lipinski definition) is 4. The molecule has 1 fully saturated rings. The normalized spacial score (nSPS) is 18.2. The number of nitro groups is 1. The third-order valence-electron chi connectivity index (χ3n) is 3.63. The number of non-ortho nitro benzene ring substituents is 1. The van der Waals surface area contributed by atoms with E-state index in [4.69, 9.17) is 0 Å². The molecule has 1 aliphatic heterocycles. The van der Waals surface area contributed by atoms with Crippen molar-refractivity contribution in [2.45, 2.75) is 25.8 Å². The highest BCUT2D eigenvalue weighted by atomic mass is 32.2. The van der Waals surface area contributed by atoms with Gasteiger partial charge in [0.25, 0.3) is 5.69 Å². The lowest BCUT2D eigenvalue weighted by Gasteiger charge is -2.24. The van der Waals surface area contributed by atoms with Gasteiger partial charge >= 0.3 is 0 Å². The predicted molar refractivity (Wildman–Crippen MR) is 79.6 cm³/mol. The van der Waals surface area contributed by atoms with Crippen LogP contribution in [0.4, 0.5) is 5.69 Å². The summed E-state index contributed by atoms with van der Waals surface area (Å²) in [6.07, 6.45) is 2.55. The molecule has 1 saturated heterocycles. The first-order valence-electron chi connectivity index (χ1n) is 6.72. The molecule has 0 aliphatic carbocycles. The lowest BCUT2D eigenvalue weighted by molar-refractivity contribution is -0.384. The Morgan fingerprint density at radius 2 is 2.21 bits per heavy atom. The maximum atomic E-state index is 10.8. The number of hydrogen-bond donors (Lipinski definition) is 1. The van der Waals surface area contributed by atoms with Gasteiger partial charge in [0.2, 0.25) is 0 Å². The third kappa shape index (κ3) is 4.21. The molecule has 0 aromatic heterocycles. The van der Waals surface area contributed by atoms with Crippen LogP contribution in [-0.2, 0) is 0 Å². The standard InChI is InChI=1S/C14H20N2O2S/c1-11(15-10-12-5-7-19-8-6-12)13-3-2-4-14(9-13)16(17)18/h2-4,9,11-12,15H,5-8,10H2,1H3. The molecular weight excluding hydrogens is 260 g/mol. The molecule has 0 saturated carbocycles. The summed E-state index contributed by atoms with van der Waals surface area (Å²) in [5.74, 6) is 3.28. The van der Waals surface area contributed by atoms with Gasteiger partial charge in [0.1, 0.15) is 0 Å². The maximum absolute atomic E-state index is 10.8. The molecule has 1 heterocycles.